The van der Waals surface area contributed by atoms with Gasteiger partial charge in [-0.15, -0.1) is 0 Å². The zero-order chi connectivity index (χ0) is 25.1. The fraction of sp³-hybridized carbons (Fsp3) is 0.250. The van der Waals surface area contributed by atoms with Crippen LogP contribution in [0.3, 0.4) is 0 Å². The first-order valence-corrected chi connectivity index (χ1v) is 10.9. The molecule has 1 N–H and O–H groups in total. The summed E-state index contributed by atoms with van der Waals surface area (Å²) in [5, 5.41) is 5.86. The van der Waals surface area contributed by atoms with Crippen molar-refractivity contribution in [3.05, 3.63) is 59.7 Å². The molecule has 1 saturated carbocycles. The van der Waals surface area contributed by atoms with Gasteiger partial charge >= 0.3 is 6.18 Å². The number of fused-ring (bicyclic) bond motifs is 2. The standard InChI is InChI=1S/C24H16F4N4O4/c25-14-5-13(17-10-29-15-7-18-19(35-11-34-18)8-16(15)30-17)2-1-12(14)6-22(33)31-21-9-20(36-32-21)23(3-4-23)24(26,27)28/h1-2,5,7-10H,3-4,6,11H2,(H,31,32,33). The van der Waals surface area contributed by atoms with E-state index in [4.69, 9.17) is 14.0 Å². The molecule has 0 bridgehead atoms. The lowest BCUT2D eigenvalue weighted by molar-refractivity contribution is -0.165. The minimum atomic E-state index is -4.46. The number of anilines is 1. The molecule has 2 aromatic heterocycles. The van der Waals surface area contributed by atoms with E-state index < -0.39 is 23.3 Å². The Morgan fingerprint density at radius 1 is 1.06 bits per heavy atom. The van der Waals surface area contributed by atoms with E-state index >= 15 is 0 Å². The van der Waals surface area contributed by atoms with Crippen LogP contribution in [0, 0.1) is 5.82 Å². The summed E-state index contributed by atoms with van der Waals surface area (Å²) in [5.74, 6) is -0.680. The van der Waals surface area contributed by atoms with E-state index in [-0.39, 0.29) is 43.2 Å². The molecular formula is C24H16F4N4O4. The molecule has 6 rings (SSSR count). The zero-order valence-corrected chi connectivity index (χ0v) is 18.4. The number of amides is 1. The molecule has 1 aliphatic carbocycles. The number of nitrogens with one attached hydrogen (secondary N) is 1. The lowest BCUT2D eigenvalue weighted by Crippen LogP contribution is -2.28. The van der Waals surface area contributed by atoms with Crippen LogP contribution in [0.1, 0.15) is 24.2 Å². The summed E-state index contributed by atoms with van der Waals surface area (Å²) < 4.78 is 70.0. The van der Waals surface area contributed by atoms with Gasteiger partial charge in [0.1, 0.15) is 11.2 Å². The minimum Gasteiger partial charge on any atom is -0.454 e. The fourth-order valence-corrected chi connectivity index (χ4v) is 4.11. The van der Waals surface area contributed by atoms with Gasteiger partial charge in [-0.05, 0) is 24.5 Å². The Kier molecular flexibility index (Phi) is 4.88. The Balaban J connectivity index is 1.16. The van der Waals surface area contributed by atoms with Crippen molar-refractivity contribution in [3.8, 4) is 22.8 Å². The van der Waals surface area contributed by atoms with E-state index in [1.54, 1.807) is 18.2 Å². The second-order valence-corrected chi connectivity index (χ2v) is 8.64. The normalized spacial score (nSPS) is 15.8. The number of hydrogen-bond acceptors (Lipinski definition) is 7. The molecule has 1 amide bonds. The topological polar surface area (TPSA) is 99.4 Å². The number of halogens is 4. The number of rotatable bonds is 5. The average molecular weight is 500 g/mol. The van der Waals surface area contributed by atoms with Crippen molar-refractivity contribution in [2.45, 2.75) is 30.9 Å². The third-order valence-corrected chi connectivity index (χ3v) is 6.28. The van der Waals surface area contributed by atoms with Crippen LogP contribution in [-0.2, 0) is 16.6 Å². The third-order valence-electron chi connectivity index (χ3n) is 6.28. The van der Waals surface area contributed by atoms with Crippen LogP contribution in [0.2, 0.25) is 0 Å². The molecule has 12 heteroatoms. The molecule has 2 aliphatic rings. The molecule has 0 saturated heterocycles. The van der Waals surface area contributed by atoms with Crippen molar-refractivity contribution in [2.24, 2.45) is 0 Å². The first-order valence-electron chi connectivity index (χ1n) is 10.9. The quantitative estimate of drug-likeness (QED) is 0.388. The summed E-state index contributed by atoms with van der Waals surface area (Å²) in [7, 11) is 0. The summed E-state index contributed by atoms with van der Waals surface area (Å²) in [6.07, 6.45) is -3.51. The minimum absolute atomic E-state index is 0.0889. The van der Waals surface area contributed by atoms with Gasteiger partial charge in [0.2, 0.25) is 12.7 Å². The molecule has 0 spiro atoms. The van der Waals surface area contributed by atoms with E-state index in [0.29, 0.717) is 33.8 Å². The van der Waals surface area contributed by atoms with Crippen LogP contribution in [0.25, 0.3) is 22.3 Å². The second-order valence-electron chi connectivity index (χ2n) is 8.64. The van der Waals surface area contributed by atoms with Crippen molar-refractivity contribution in [3.63, 3.8) is 0 Å². The van der Waals surface area contributed by atoms with Crippen molar-refractivity contribution in [1.82, 2.24) is 15.1 Å². The molecule has 4 aromatic rings. The van der Waals surface area contributed by atoms with Crippen LogP contribution in [0.4, 0.5) is 23.4 Å². The maximum Gasteiger partial charge on any atom is 0.401 e. The van der Waals surface area contributed by atoms with E-state index in [2.05, 4.69) is 20.4 Å². The van der Waals surface area contributed by atoms with E-state index in [1.807, 2.05) is 0 Å². The molecule has 8 nitrogen and oxygen atoms in total. The van der Waals surface area contributed by atoms with Gasteiger partial charge in [0.05, 0.1) is 29.3 Å². The third kappa shape index (κ3) is 3.78. The van der Waals surface area contributed by atoms with Gasteiger partial charge < -0.3 is 19.3 Å². The summed E-state index contributed by atoms with van der Waals surface area (Å²) in [5.41, 5.74) is 0.0572. The highest BCUT2D eigenvalue weighted by molar-refractivity contribution is 5.91. The summed E-state index contributed by atoms with van der Waals surface area (Å²) in [4.78, 5) is 21.2. The van der Waals surface area contributed by atoms with Gasteiger partial charge in [0, 0.05) is 23.8 Å². The molecule has 3 heterocycles. The Hall–Kier alpha value is -4.22. The number of alkyl halides is 3. The van der Waals surface area contributed by atoms with Crippen LogP contribution in [0.15, 0.2) is 47.1 Å². The Morgan fingerprint density at radius 2 is 1.81 bits per heavy atom. The Labute approximate surface area is 200 Å². The smallest absolute Gasteiger partial charge is 0.401 e. The average Bonchev–Trinajstić information content (AvgIpc) is 3.33. The number of aromatic nitrogens is 3. The zero-order valence-electron chi connectivity index (χ0n) is 18.4. The van der Waals surface area contributed by atoms with Gasteiger partial charge in [0.15, 0.2) is 23.1 Å². The van der Waals surface area contributed by atoms with Crippen LogP contribution >= 0.6 is 0 Å². The van der Waals surface area contributed by atoms with Crippen LogP contribution < -0.4 is 14.8 Å². The summed E-state index contributed by atoms with van der Waals surface area (Å²) >= 11 is 0. The lowest BCUT2D eigenvalue weighted by atomic mass is 10.0. The Morgan fingerprint density at radius 3 is 2.50 bits per heavy atom. The molecule has 0 unspecified atom stereocenters. The maximum absolute atomic E-state index is 14.8. The highest BCUT2D eigenvalue weighted by atomic mass is 19.4. The van der Waals surface area contributed by atoms with E-state index in [0.717, 1.165) is 6.07 Å². The SMILES string of the molecule is O=C(Cc1ccc(-c2cnc3cc4c(cc3n2)OCO4)cc1F)Nc1cc(C2(C(F)(F)F)CC2)on1. The maximum atomic E-state index is 14.8. The summed E-state index contributed by atoms with van der Waals surface area (Å²) in [6, 6.07) is 8.73. The first-order chi connectivity index (χ1) is 17.2. The predicted molar refractivity (Wildman–Crippen MR) is 117 cm³/mol. The molecule has 0 atom stereocenters. The molecule has 2 aromatic carbocycles. The van der Waals surface area contributed by atoms with Crippen molar-refractivity contribution in [2.75, 3.05) is 12.1 Å². The van der Waals surface area contributed by atoms with Crippen LogP contribution in [0.5, 0.6) is 11.5 Å². The van der Waals surface area contributed by atoms with Gasteiger partial charge in [-0.3, -0.25) is 9.78 Å². The first kappa shape index (κ1) is 22.3. The van der Waals surface area contributed by atoms with Crippen molar-refractivity contribution < 1.29 is 36.4 Å². The number of hydrogen-bond donors (Lipinski definition) is 1. The second kappa shape index (κ2) is 7.90. The van der Waals surface area contributed by atoms with Crippen molar-refractivity contribution in [1.29, 1.82) is 0 Å². The largest absolute Gasteiger partial charge is 0.454 e. The number of ether oxygens (including phenoxy) is 2. The molecule has 184 valence electrons. The van der Waals surface area contributed by atoms with Crippen LogP contribution in [-0.4, -0.2) is 34.0 Å². The number of carbonyl (C=O) groups is 1. The lowest BCUT2D eigenvalue weighted by Gasteiger charge is -2.14. The van der Waals surface area contributed by atoms with E-state index in [1.165, 1.54) is 18.3 Å². The van der Waals surface area contributed by atoms with Gasteiger partial charge in [0.25, 0.3) is 0 Å². The van der Waals surface area contributed by atoms with Gasteiger partial charge in [-0.1, -0.05) is 17.3 Å². The highest BCUT2D eigenvalue weighted by Crippen LogP contribution is 2.59. The highest BCUT2D eigenvalue weighted by Gasteiger charge is 2.66. The van der Waals surface area contributed by atoms with Gasteiger partial charge in [-0.25, -0.2) is 9.37 Å². The summed E-state index contributed by atoms with van der Waals surface area (Å²) in [6.45, 7) is 0.116. The molecule has 0 radical (unpaired) electrons. The number of carbonyl (C=O) groups excluding carboxylic acids is 1. The Bertz CT molecular complexity index is 1510. The fourth-order valence-electron chi connectivity index (χ4n) is 4.11. The molecular weight excluding hydrogens is 484 g/mol. The number of nitrogens with zero attached hydrogens (tertiary/aromatic N) is 3. The molecule has 36 heavy (non-hydrogen) atoms. The van der Waals surface area contributed by atoms with Crippen molar-refractivity contribution >= 4 is 22.8 Å². The molecule has 1 aliphatic heterocycles. The van der Waals surface area contributed by atoms with Gasteiger partial charge in [-0.2, -0.15) is 13.2 Å². The number of benzene rings is 2. The molecule has 1 fully saturated rings. The monoisotopic (exact) mass is 500 g/mol. The van der Waals surface area contributed by atoms with E-state index in [9.17, 15) is 22.4 Å². The predicted octanol–water partition coefficient (Wildman–Crippen LogP) is 4.93.